The van der Waals surface area contributed by atoms with Crippen LogP contribution in [-0.2, 0) is 0 Å². The van der Waals surface area contributed by atoms with Crippen molar-refractivity contribution in [3.05, 3.63) is 6.33 Å². The van der Waals surface area contributed by atoms with Gasteiger partial charge in [0.2, 0.25) is 0 Å². The van der Waals surface area contributed by atoms with E-state index in [4.69, 9.17) is 0 Å². The first kappa shape index (κ1) is 12.9. The van der Waals surface area contributed by atoms with Gasteiger partial charge in [0.05, 0.1) is 0 Å². The monoisotopic (exact) mass is 245 g/mol. The zero-order valence-electron chi connectivity index (χ0n) is 9.56. The lowest BCUT2D eigenvalue weighted by Gasteiger charge is -2.16. The van der Waals surface area contributed by atoms with Gasteiger partial charge in [-0.25, -0.2) is 4.98 Å². The third kappa shape index (κ3) is 5.49. The van der Waals surface area contributed by atoms with Gasteiger partial charge < -0.3 is 5.32 Å². The first-order valence-electron chi connectivity index (χ1n) is 5.39. The molecule has 86 valence electrons. The van der Waals surface area contributed by atoms with Gasteiger partial charge in [-0.1, -0.05) is 25.6 Å². The molecule has 5 heteroatoms. The average molecular weight is 245 g/mol. The molecule has 1 aromatic rings. The van der Waals surface area contributed by atoms with Crippen molar-refractivity contribution in [3.8, 4) is 0 Å². The minimum atomic E-state index is 0.584. The van der Waals surface area contributed by atoms with E-state index in [-0.39, 0.29) is 0 Å². The largest absolute Gasteiger partial charge is 0.314 e. The van der Waals surface area contributed by atoms with Gasteiger partial charge in [0.1, 0.15) is 6.33 Å². The van der Waals surface area contributed by atoms with Gasteiger partial charge >= 0.3 is 0 Å². The maximum atomic E-state index is 4.18. The Balaban J connectivity index is 2.20. The molecule has 0 aromatic carbocycles. The first-order valence-corrected chi connectivity index (χ1v) is 7.04. The average Bonchev–Trinajstić information content (AvgIpc) is 2.67. The Morgan fingerprint density at radius 2 is 2.33 bits per heavy atom. The molecule has 0 aliphatic rings. The van der Waals surface area contributed by atoms with Gasteiger partial charge in [-0.2, -0.15) is 4.37 Å². The van der Waals surface area contributed by atoms with Crippen LogP contribution >= 0.6 is 23.3 Å². The van der Waals surface area contributed by atoms with E-state index in [1.807, 2.05) is 11.8 Å². The summed E-state index contributed by atoms with van der Waals surface area (Å²) in [4.78, 5) is 4.18. The van der Waals surface area contributed by atoms with Crippen molar-refractivity contribution < 1.29 is 0 Å². The van der Waals surface area contributed by atoms with Crippen LogP contribution in [0.5, 0.6) is 0 Å². The molecule has 2 unspecified atom stereocenters. The smallest absolute Gasteiger partial charge is 0.170 e. The molecule has 1 aromatic heterocycles. The van der Waals surface area contributed by atoms with Crippen molar-refractivity contribution in [2.24, 2.45) is 0 Å². The summed E-state index contributed by atoms with van der Waals surface area (Å²) in [6.07, 6.45) is 3.99. The van der Waals surface area contributed by atoms with Gasteiger partial charge in [-0.15, -0.1) is 0 Å². The molecular weight excluding hydrogens is 226 g/mol. The van der Waals surface area contributed by atoms with Crippen LogP contribution in [0.1, 0.15) is 33.6 Å². The standard InChI is InChI=1S/C10H19N3S2/c1-4-5-11-8(2)6-9(3)14-10-12-7-13-15-10/h7-9,11H,4-6H2,1-3H3. The maximum absolute atomic E-state index is 4.18. The number of nitrogens with one attached hydrogen (secondary N) is 1. The Hall–Kier alpha value is -0.130. The molecule has 3 nitrogen and oxygen atoms in total. The Morgan fingerprint density at radius 1 is 1.53 bits per heavy atom. The second-order valence-corrected chi connectivity index (χ2v) is 6.19. The number of aromatic nitrogens is 2. The fourth-order valence-electron chi connectivity index (χ4n) is 1.41. The number of nitrogens with zero attached hydrogens (tertiary/aromatic N) is 2. The lowest BCUT2D eigenvalue weighted by Crippen LogP contribution is -2.29. The minimum Gasteiger partial charge on any atom is -0.314 e. The molecule has 2 atom stereocenters. The molecule has 15 heavy (non-hydrogen) atoms. The van der Waals surface area contributed by atoms with E-state index < -0.39 is 0 Å². The predicted octanol–water partition coefficient (Wildman–Crippen LogP) is 2.80. The highest BCUT2D eigenvalue weighted by molar-refractivity contribution is 8.01. The molecule has 0 aliphatic heterocycles. The Labute approximate surface area is 100 Å². The number of thioether (sulfide) groups is 1. The van der Waals surface area contributed by atoms with E-state index in [1.54, 1.807) is 6.33 Å². The van der Waals surface area contributed by atoms with Crippen LogP contribution in [0.2, 0.25) is 0 Å². The highest BCUT2D eigenvalue weighted by Gasteiger charge is 2.10. The van der Waals surface area contributed by atoms with Crippen LogP contribution in [0.3, 0.4) is 0 Å². The highest BCUT2D eigenvalue weighted by Crippen LogP contribution is 2.26. The Bertz CT molecular complexity index is 251. The molecule has 1 heterocycles. The molecule has 0 saturated carbocycles. The van der Waals surface area contributed by atoms with Crippen molar-refractivity contribution in [2.45, 2.75) is 49.2 Å². The summed E-state index contributed by atoms with van der Waals surface area (Å²) in [5, 5.41) is 4.09. The highest BCUT2D eigenvalue weighted by atomic mass is 32.2. The predicted molar refractivity (Wildman–Crippen MR) is 67.6 cm³/mol. The van der Waals surface area contributed by atoms with Crippen LogP contribution in [0.4, 0.5) is 0 Å². The third-order valence-corrected chi connectivity index (χ3v) is 3.95. The molecule has 0 fully saturated rings. The van der Waals surface area contributed by atoms with Gasteiger partial charge in [-0.05, 0) is 37.8 Å². The van der Waals surface area contributed by atoms with Crippen molar-refractivity contribution in [3.63, 3.8) is 0 Å². The van der Waals surface area contributed by atoms with Crippen molar-refractivity contribution in [1.82, 2.24) is 14.7 Å². The van der Waals surface area contributed by atoms with Crippen LogP contribution in [0.15, 0.2) is 10.7 Å². The number of hydrogen-bond acceptors (Lipinski definition) is 5. The molecule has 0 saturated heterocycles. The summed E-state index contributed by atoms with van der Waals surface area (Å²) in [5.41, 5.74) is 0. The zero-order valence-corrected chi connectivity index (χ0v) is 11.2. The zero-order chi connectivity index (χ0) is 11.1. The summed E-state index contributed by atoms with van der Waals surface area (Å²) in [7, 11) is 0. The summed E-state index contributed by atoms with van der Waals surface area (Å²) in [6.45, 7) is 7.79. The number of rotatable bonds is 7. The molecule has 1 N–H and O–H groups in total. The lowest BCUT2D eigenvalue weighted by atomic mass is 10.2. The summed E-state index contributed by atoms with van der Waals surface area (Å²) in [6, 6.07) is 0.584. The summed E-state index contributed by atoms with van der Waals surface area (Å²) in [5.74, 6) is 0. The van der Waals surface area contributed by atoms with Crippen LogP contribution in [0, 0.1) is 0 Å². The van der Waals surface area contributed by atoms with E-state index in [0.717, 1.165) is 10.9 Å². The molecule has 0 amide bonds. The van der Waals surface area contributed by atoms with E-state index in [9.17, 15) is 0 Å². The fourth-order valence-corrected chi connectivity index (χ4v) is 3.32. The lowest BCUT2D eigenvalue weighted by molar-refractivity contribution is 0.513. The van der Waals surface area contributed by atoms with Crippen LogP contribution in [-0.4, -0.2) is 27.2 Å². The van der Waals surface area contributed by atoms with Crippen LogP contribution < -0.4 is 5.32 Å². The second-order valence-electron chi connectivity index (χ2n) is 3.73. The second kappa shape index (κ2) is 7.19. The van der Waals surface area contributed by atoms with Crippen molar-refractivity contribution in [1.29, 1.82) is 0 Å². The molecular formula is C10H19N3S2. The molecule has 0 aliphatic carbocycles. The van der Waals surface area contributed by atoms with E-state index in [1.165, 1.54) is 24.4 Å². The van der Waals surface area contributed by atoms with E-state index >= 15 is 0 Å². The SMILES string of the molecule is CCCNC(C)CC(C)Sc1ncns1. The Kier molecular flexibility index (Phi) is 6.20. The molecule has 0 spiro atoms. The van der Waals surface area contributed by atoms with Gasteiger partial charge in [-0.3, -0.25) is 0 Å². The van der Waals surface area contributed by atoms with Crippen molar-refractivity contribution >= 4 is 23.3 Å². The van der Waals surface area contributed by atoms with Gasteiger partial charge in [0.15, 0.2) is 4.34 Å². The van der Waals surface area contributed by atoms with E-state index in [2.05, 4.69) is 35.4 Å². The van der Waals surface area contributed by atoms with E-state index in [0.29, 0.717) is 11.3 Å². The molecule has 0 bridgehead atoms. The molecule has 1 rings (SSSR count). The summed E-state index contributed by atoms with van der Waals surface area (Å²) < 4.78 is 5.07. The maximum Gasteiger partial charge on any atom is 0.170 e. The minimum absolute atomic E-state index is 0.584. The third-order valence-electron chi connectivity index (χ3n) is 2.07. The van der Waals surface area contributed by atoms with Gasteiger partial charge in [0.25, 0.3) is 0 Å². The first-order chi connectivity index (χ1) is 7.22. The van der Waals surface area contributed by atoms with Crippen molar-refractivity contribution in [2.75, 3.05) is 6.54 Å². The molecule has 0 radical (unpaired) electrons. The Morgan fingerprint density at radius 3 is 2.93 bits per heavy atom. The normalized spacial score (nSPS) is 15.1. The van der Waals surface area contributed by atoms with Crippen LogP contribution in [0.25, 0.3) is 0 Å². The quantitative estimate of drug-likeness (QED) is 0.750. The summed E-state index contributed by atoms with van der Waals surface area (Å²) >= 11 is 3.29. The topological polar surface area (TPSA) is 37.8 Å². The number of hydrogen-bond donors (Lipinski definition) is 1. The fraction of sp³-hybridized carbons (Fsp3) is 0.800. The van der Waals surface area contributed by atoms with Gasteiger partial charge in [0, 0.05) is 11.3 Å².